The molecule has 1 N–H and O–H groups in total. The summed E-state index contributed by atoms with van der Waals surface area (Å²) in [6.45, 7) is 3.19. The minimum absolute atomic E-state index is 0.0119. The van der Waals surface area contributed by atoms with Gasteiger partial charge < -0.3 is 10.1 Å². The lowest BCUT2D eigenvalue weighted by Gasteiger charge is -2.10. The molecule has 1 aromatic carbocycles. The van der Waals surface area contributed by atoms with Gasteiger partial charge in [0.15, 0.2) is 6.61 Å². The summed E-state index contributed by atoms with van der Waals surface area (Å²) in [5, 5.41) is 20.3. The summed E-state index contributed by atoms with van der Waals surface area (Å²) >= 11 is 0. The minimum Gasteiger partial charge on any atom is -0.478 e. The highest BCUT2D eigenvalue weighted by atomic mass is 16.5. The Balaban J connectivity index is 2.52. The summed E-state index contributed by atoms with van der Waals surface area (Å²) in [6, 6.07) is 11.7. The lowest BCUT2D eigenvalue weighted by atomic mass is 10.1. The number of ether oxygens (including phenoxy) is 1. The molecule has 0 amide bonds. The zero-order chi connectivity index (χ0) is 12.5. The van der Waals surface area contributed by atoms with Crippen LogP contribution in [0.15, 0.2) is 24.3 Å². The van der Waals surface area contributed by atoms with E-state index in [-0.39, 0.29) is 12.5 Å². The predicted octanol–water partition coefficient (Wildman–Crippen LogP) is 1.84. The van der Waals surface area contributed by atoms with Crippen LogP contribution in [-0.4, -0.2) is 13.2 Å². The van der Waals surface area contributed by atoms with E-state index in [4.69, 9.17) is 15.3 Å². The Labute approximate surface area is 101 Å². The van der Waals surface area contributed by atoms with Crippen molar-refractivity contribution in [2.75, 3.05) is 13.2 Å². The average molecular weight is 229 g/mol. The SMILES string of the molecule is CC(C#N)CNCc1ccccc1OCC#N. The summed E-state index contributed by atoms with van der Waals surface area (Å²) in [4.78, 5) is 0. The Morgan fingerprint density at radius 3 is 2.82 bits per heavy atom. The molecule has 0 heterocycles. The van der Waals surface area contributed by atoms with Gasteiger partial charge in [0.05, 0.1) is 12.0 Å². The second-order valence-corrected chi connectivity index (χ2v) is 3.72. The topological polar surface area (TPSA) is 68.8 Å². The van der Waals surface area contributed by atoms with Crippen LogP contribution in [0.1, 0.15) is 12.5 Å². The number of nitrogens with one attached hydrogen (secondary N) is 1. The lowest BCUT2D eigenvalue weighted by molar-refractivity contribution is 0.362. The summed E-state index contributed by atoms with van der Waals surface area (Å²) in [5.74, 6) is 0.702. The first-order valence-corrected chi connectivity index (χ1v) is 5.46. The summed E-state index contributed by atoms with van der Waals surface area (Å²) in [5.41, 5.74) is 0.993. The molecule has 0 aromatic heterocycles. The van der Waals surface area contributed by atoms with E-state index in [9.17, 15) is 0 Å². The highest BCUT2D eigenvalue weighted by Gasteiger charge is 2.03. The van der Waals surface area contributed by atoms with Crippen molar-refractivity contribution in [2.24, 2.45) is 5.92 Å². The van der Waals surface area contributed by atoms with E-state index >= 15 is 0 Å². The minimum atomic E-state index is -0.0119. The van der Waals surface area contributed by atoms with Gasteiger partial charge >= 0.3 is 0 Å². The zero-order valence-corrected chi connectivity index (χ0v) is 9.81. The Kier molecular flexibility index (Phi) is 5.57. The number of para-hydroxylation sites is 1. The van der Waals surface area contributed by atoms with Gasteiger partial charge in [-0.25, -0.2) is 0 Å². The molecule has 0 aliphatic rings. The second kappa shape index (κ2) is 7.27. The van der Waals surface area contributed by atoms with Gasteiger partial charge in [-0.05, 0) is 13.0 Å². The fourth-order valence-electron chi connectivity index (χ4n) is 1.37. The fraction of sp³-hybridized carbons (Fsp3) is 0.385. The maximum absolute atomic E-state index is 8.65. The molecular formula is C13H15N3O. The maximum Gasteiger partial charge on any atom is 0.174 e. The molecule has 0 saturated heterocycles. The van der Waals surface area contributed by atoms with Crippen LogP contribution in [0.25, 0.3) is 0 Å². The van der Waals surface area contributed by atoms with Gasteiger partial charge in [-0.3, -0.25) is 0 Å². The van der Waals surface area contributed by atoms with E-state index in [1.807, 2.05) is 37.3 Å². The number of nitriles is 2. The molecule has 0 fully saturated rings. The molecule has 0 spiro atoms. The standard InChI is InChI=1S/C13H15N3O/c1-11(8-15)9-16-10-12-4-2-3-5-13(12)17-7-6-14/h2-5,11,16H,7,9-10H2,1H3. The summed E-state index contributed by atoms with van der Waals surface area (Å²) < 4.78 is 5.30. The molecule has 1 unspecified atom stereocenters. The lowest BCUT2D eigenvalue weighted by Crippen LogP contribution is -2.20. The van der Waals surface area contributed by atoms with Crippen LogP contribution in [0.5, 0.6) is 5.75 Å². The van der Waals surface area contributed by atoms with Crippen molar-refractivity contribution in [1.82, 2.24) is 5.32 Å². The van der Waals surface area contributed by atoms with Gasteiger partial charge in [0, 0.05) is 18.7 Å². The van der Waals surface area contributed by atoms with Crippen LogP contribution < -0.4 is 10.1 Å². The molecule has 0 aliphatic carbocycles. The fourth-order valence-corrected chi connectivity index (χ4v) is 1.37. The Morgan fingerprint density at radius 1 is 1.35 bits per heavy atom. The highest BCUT2D eigenvalue weighted by Crippen LogP contribution is 2.17. The van der Waals surface area contributed by atoms with Crippen molar-refractivity contribution in [1.29, 1.82) is 10.5 Å². The van der Waals surface area contributed by atoms with Gasteiger partial charge in [0.2, 0.25) is 0 Å². The Morgan fingerprint density at radius 2 is 2.12 bits per heavy atom. The molecule has 0 radical (unpaired) electrons. The zero-order valence-electron chi connectivity index (χ0n) is 9.81. The summed E-state index contributed by atoms with van der Waals surface area (Å²) in [7, 11) is 0. The van der Waals surface area contributed by atoms with Crippen molar-refractivity contribution in [3.8, 4) is 17.9 Å². The number of benzene rings is 1. The van der Waals surface area contributed by atoms with Crippen LogP contribution in [-0.2, 0) is 6.54 Å². The van der Waals surface area contributed by atoms with Gasteiger partial charge in [-0.1, -0.05) is 18.2 Å². The van der Waals surface area contributed by atoms with E-state index < -0.39 is 0 Å². The molecule has 0 aliphatic heterocycles. The van der Waals surface area contributed by atoms with Crippen LogP contribution >= 0.6 is 0 Å². The number of nitrogens with zero attached hydrogens (tertiary/aromatic N) is 2. The molecule has 0 bridgehead atoms. The van der Waals surface area contributed by atoms with Crippen molar-refractivity contribution in [2.45, 2.75) is 13.5 Å². The second-order valence-electron chi connectivity index (χ2n) is 3.72. The third-order valence-electron chi connectivity index (χ3n) is 2.25. The largest absolute Gasteiger partial charge is 0.478 e. The van der Waals surface area contributed by atoms with Crippen molar-refractivity contribution in [3.05, 3.63) is 29.8 Å². The number of rotatable bonds is 6. The third-order valence-corrected chi connectivity index (χ3v) is 2.25. The van der Waals surface area contributed by atoms with Crippen molar-refractivity contribution < 1.29 is 4.74 Å². The average Bonchev–Trinajstić information content (AvgIpc) is 2.37. The molecular weight excluding hydrogens is 214 g/mol. The number of hydrogen-bond donors (Lipinski definition) is 1. The predicted molar refractivity (Wildman–Crippen MR) is 64.0 cm³/mol. The first-order chi connectivity index (χ1) is 8.27. The van der Waals surface area contributed by atoms with Crippen LogP contribution in [0, 0.1) is 28.6 Å². The molecule has 1 aromatic rings. The van der Waals surface area contributed by atoms with Crippen LogP contribution in [0.4, 0.5) is 0 Å². The van der Waals surface area contributed by atoms with Crippen molar-refractivity contribution in [3.63, 3.8) is 0 Å². The van der Waals surface area contributed by atoms with E-state index in [1.165, 1.54) is 0 Å². The molecule has 88 valence electrons. The van der Waals surface area contributed by atoms with E-state index in [1.54, 1.807) is 0 Å². The van der Waals surface area contributed by atoms with E-state index in [0.717, 1.165) is 5.56 Å². The quantitative estimate of drug-likeness (QED) is 0.808. The van der Waals surface area contributed by atoms with E-state index in [2.05, 4.69) is 11.4 Å². The molecule has 4 nitrogen and oxygen atoms in total. The number of hydrogen-bond acceptors (Lipinski definition) is 4. The van der Waals surface area contributed by atoms with Gasteiger partial charge in [0.1, 0.15) is 11.8 Å². The highest BCUT2D eigenvalue weighted by molar-refractivity contribution is 5.33. The Bertz CT molecular complexity index is 431. The van der Waals surface area contributed by atoms with Gasteiger partial charge in [-0.15, -0.1) is 0 Å². The first kappa shape index (κ1) is 13.0. The molecule has 1 atom stereocenters. The van der Waals surface area contributed by atoms with E-state index in [0.29, 0.717) is 18.8 Å². The van der Waals surface area contributed by atoms with Crippen molar-refractivity contribution >= 4 is 0 Å². The summed E-state index contributed by atoms with van der Waals surface area (Å²) in [6.07, 6.45) is 0. The molecule has 0 saturated carbocycles. The monoisotopic (exact) mass is 229 g/mol. The normalized spacial score (nSPS) is 11.2. The maximum atomic E-state index is 8.65. The van der Waals surface area contributed by atoms with Gasteiger partial charge in [-0.2, -0.15) is 10.5 Å². The Hall–Kier alpha value is -2.04. The smallest absolute Gasteiger partial charge is 0.174 e. The molecule has 4 heteroatoms. The molecule has 17 heavy (non-hydrogen) atoms. The molecule has 1 rings (SSSR count). The van der Waals surface area contributed by atoms with Crippen LogP contribution in [0.2, 0.25) is 0 Å². The third kappa shape index (κ3) is 4.55. The van der Waals surface area contributed by atoms with Gasteiger partial charge in [0.25, 0.3) is 0 Å². The van der Waals surface area contributed by atoms with Crippen LogP contribution in [0.3, 0.4) is 0 Å². The first-order valence-electron chi connectivity index (χ1n) is 5.46.